The molecule has 1 aliphatic heterocycles. The minimum Gasteiger partial charge on any atom is -0.481 e. The Hall–Kier alpha value is -1.79. The topological polar surface area (TPSA) is 104 Å². The molecule has 3 N–H and O–H groups in total. The van der Waals surface area contributed by atoms with E-state index in [-0.39, 0.29) is 24.9 Å². The van der Waals surface area contributed by atoms with E-state index in [0.717, 1.165) is 0 Å². The van der Waals surface area contributed by atoms with Crippen molar-refractivity contribution in [3.8, 4) is 0 Å². The van der Waals surface area contributed by atoms with E-state index < -0.39 is 11.9 Å². The van der Waals surface area contributed by atoms with Crippen molar-refractivity contribution in [1.82, 2.24) is 9.80 Å². The molecule has 17 heavy (non-hydrogen) atoms. The lowest BCUT2D eigenvalue weighted by Gasteiger charge is -2.41. The van der Waals surface area contributed by atoms with E-state index in [0.29, 0.717) is 19.6 Å². The van der Waals surface area contributed by atoms with Gasteiger partial charge in [0, 0.05) is 25.6 Å². The van der Waals surface area contributed by atoms with Crippen LogP contribution < -0.4 is 5.73 Å². The maximum absolute atomic E-state index is 11.8. The molecule has 0 spiro atoms. The summed E-state index contributed by atoms with van der Waals surface area (Å²) in [6.45, 7) is 2.92. The number of rotatable bonds is 5. The van der Waals surface area contributed by atoms with Gasteiger partial charge in [0.1, 0.15) is 6.54 Å². The molecule has 0 bridgehead atoms. The van der Waals surface area contributed by atoms with Crippen molar-refractivity contribution >= 4 is 17.9 Å². The Bertz CT molecular complexity index is 326. The minimum absolute atomic E-state index is 0.0173. The third kappa shape index (κ3) is 3.61. The van der Waals surface area contributed by atoms with Crippen LogP contribution in [0, 0.1) is 5.92 Å². The largest absolute Gasteiger partial charge is 0.481 e. The number of carboxylic acids is 1. The monoisotopic (exact) mass is 243 g/mol. The highest BCUT2D eigenvalue weighted by Gasteiger charge is 2.34. The predicted molar refractivity (Wildman–Crippen MR) is 59.2 cm³/mol. The number of likely N-dealkylation sites (N-methyl/N-ethyl adjacent to an activating group) is 1. The molecule has 0 aliphatic carbocycles. The first-order chi connectivity index (χ1) is 7.93. The number of hydrogen-bond acceptors (Lipinski definition) is 3. The molecule has 0 unspecified atom stereocenters. The molecule has 1 aliphatic rings. The Morgan fingerprint density at radius 1 is 1.41 bits per heavy atom. The molecule has 1 fully saturated rings. The van der Waals surface area contributed by atoms with E-state index in [9.17, 15) is 14.4 Å². The van der Waals surface area contributed by atoms with Crippen LogP contribution in [0.3, 0.4) is 0 Å². The van der Waals surface area contributed by atoms with Crippen molar-refractivity contribution in [2.24, 2.45) is 11.7 Å². The summed E-state index contributed by atoms with van der Waals surface area (Å²) < 4.78 is 0. The number of nitrogens with two attached hydrogens (primary N) is 1. The second-order valence-corrected chi connectivity index (χ2v) is 4.13. The SMILES string of the molecule is CCN(CC(N)=O)C(=O)N1CC(CC(=O)O)C1. The van der Waals surface area contributed by atoms with Gasteiger partial charge in [-0.1, -0.05) is 0 Å². The number of primary amides is 1. The molecule has 0 saturated carbocycles. The third-order valence-corrected chi connectivity index (χ3v) is 2.69. The number of hydrogen-bond donors (Lipinski definition) is 2. The van der Waals surface area contributed by atoms with Gasteiger partial charge in [-0.05, 0) is 6.92 Å². The smallest absolute Gasteiger partial charge is 0.320 e. The summed E-state index contributed by atoms with van der Waals surface area (Å²) in [5.74, 6) is -1.39. The van der Waals surface area contributed by atoms with E-state index >= 15 is 0 Å². The lowest BCUT2D eigenvalue weighted by Crippen LogP contribution is -2.56. The highest BCUT2D eigenvalue weighted by molar-refractivity contribution is 5.83. The van der Waals surface area contributed by atoms with Crippen LogP contribution in [0.2, 0.25) is 0 Å². The summed E-state index contributed by atoms with van der Waals surface area (Å²) in [6, 6.07) is -0.257. The molecule has 3 amide bonds. The Kier molecular flexibility index (Phi) is 4.30. The molecule has 96 valence electrons. The summed E-state index contributed by atoms with van der Waals surface area (Å²) in [7, 11) is 0. The van der Waals surface area contributed by atoms with Gasteiger partial charge in [0.25, 0.3) is 0 Å². The van der Waals surface area contributed by atoms with Crippen molar-refractivity contribution in [2.45, 2.75) is 13.3 Å². The maximum atomic E-state index is 11.8. The van der Waals surface area contributed by atoms with Crippen LogP contribution in [0.4, 0.5) is 4.79 Å². The zero-order chi connectivity index (χ0) is 13.0. The van der Waals surface area contributed by atoms with Crippen LogP contribution >= 0.6 is 0 Å². The summed E-state index contributed by atoms with van der Waals surface area (Å²) in [6.07, 6.45) is 0.0751. The number of carboxylic acid groups (broad SMARTS) is 1. The van der Waals surface area contributed by atoms with Gasteiger partial charge < -0.3 is 20.6 Å². The molecular formula is C10H17N3O4. The van der Waals surface area contributed by atoms with Crippen LogP contribution in [0.1, 0.15) is 13.3 Å². The van der Waals surface area contributed by atoms with Crippen molar-refractivity contribution in [2.75, 3.05) is 26.2 Å². The quantitative estimate of drug-likeness (QED) is 0.667. The van der Waals surface area contributed by atoms with Gasteiger partial charge in [0.15, 0.2) is 0 Å². The third-order valence-electron chi connectivity index (χ3n) is 2.69. The first kappa shape index (κ1) is 13.3. The average Bonchev–Trinajstić information content (AvgIpc) is 2.17. The minimum atomic E-state index is -0.855. The van der Waals surface area contributed by atoms with Crippen molar-refractivity contribution in [3.05, 3.63) is 0 Å². The lowest BCUT2D eigenvalue weighted by molar-refractivity contribution is -0.139. The second-order valence-electron chi connectivity index (χ2n) is 4.13. The maximum Gasteiger partial charge on any atom is 0.320 e. The van der Waals surface area contributed by atoms with Gasteiger partial charge in [-0.3, -0.25) is 9.59 Å². The molecule has 0 aromatic carbocycles. The van der Waals surface area contributed by atoms with Crippen molar-refractivity contribution in [1.29, 1.82) is 0 Å². The molecule has 7 heteroatoms. The van der Waals surface area contributed by atoms with E-state index in [1.807, 2.05) is 0 Å². The van der Waals surface area contributed by atoms with Crippen LogP contribution in [0.15, 0.2) is 0 Å². The zero-order valence-corrected chi connectivity index (χ0v) is 9.76. The first-order valence-corrected chi connectivity index (χ1v) is 5.48. The number of likely N-dealkylation sites (tertiary alicyclic amines) is 1. The summed E-state index contributed by atoms with van der Waals surface area (Å²) in [4.78, 5) is 35.9. The van der Waals surface area contributed by atoms with E-state index in [2.05, 4.69) is 0 Å². The van der Waals surface area contributed by atoms with Crippen LogP contribution in [0.25, 0.3) is 0 Å². The van der Waals surface area contributed by atoms with Gasteiger partial charge in [-0.15, -0.1) is 0 Å². The normalized spacial score (nSPS) is 15.2. The molecule has 0 aromatic rings. The fraction of sp³-hybridized carbons (Fsp3) is 0.700. The highest BCUT2D eigenvalue weighted by Crippen LogP contribution is 2.20. The van der Waals surface area contributed by atoms with Crippen LogP contribution in [0.5, 0.6) is 0 Å². The molecule has 0 atom stereocenters. The number of carbonyl (C=O) groups is 3. The number of aliphatic carboxylic acids is 1. The van der Waals surface area contributed by atoms with E-state index in [1.54, 1.807) is 6.92 Å². The highest BCUT2D eigenvalue weighted by atomic mass is 16.4. The zero-order valence-electron chi connectivity index (χ0n) is 9.76. The summed E-state index contributed by atoms with van der Waals surface area (Å²) in [5, 5.41) is 8.57. The Morgan fingerprint density at radius 3 is 2.41 bits per heavy atom. The number of carbonyl (C=O) groups excluding carboxylic acids is 2. The molecule has 1 rings (SSSR count). The van der Waals surface area contributed by atoms with E-state index in [1.165, 1.54) is 9.80 Å². The number of nitrogens with zero attached hydrogens (tertiary/aromatic N) is 2. The van der Waals surface area contributed by atoms with Crippen LogP contribution in [-0.2, 0) is 9.59 Å². The number of urea groups is 1. The van der Waals surface area contributed by atoms with Crippen molar-refractivity contribution < 1.29 is 19.5 Å². The van der Waals surface area contributed by atoms with Crippen molar-refractivity contribution in [3.63, 3.8) is 0 Å². The van der Waals surface area contributed by atoms with Gasteiger partial charge in [-0.2, -0.15) is 0 Å². The molecule has 0 aromatic heterocycles. The van der Waals surface area contributed by atoms with Gasteiger partial charge in [0.2, 0.25) is 5.91 Å². The van der Waals surface area contributed by atoms with Gasteiger partial charge >= 0.3 is 12.0 Å². The fourth-order valence-electron chi connectivity index (χ4n) is 1.80. The number of amides is 3. The fourth-order valence-corrected chi connectivity index (χ4v) is 1.80. The molecule has 0 radical (unpaired) electrons. The van der Waals surface area contributed by atoms with E-state index in [4.69, 9.17) is 10.8 Å². The Morgan fingerprint density at radius 2 is 2.00 bits per heavy atom. The molecule has 1 saturated heterocycles. The molecule has 7 nitrogen and oxygen atoms in total. The average molecular weight is 243 g/mol. The second kappa shape index (κ2) is 5.51. The first-order valence-electron chi connectivity index (χ1n) is 5.48. The van der Waals surface area contributed by atoms with Crippen LogP contribution in [-0.4, -0.2) is 59.0 Å². The molecular weight excluding hydrogens is 226 g/mol. The predicted octanol–water partition coefficient (Wildman–Crippen LogP) is -0.680. The Labute approximate surface area is 99.2 Å². The van der Waals surface area contributed by atoms with Gasteiger partial charge in [0.05, 0.1) is 6.42 Å². The lowest BCUT2D eigenvalue weighted by atomic mass is 9.97. The summed E-state index contributed by atoms with van der Waals surface area (Å²) >= 11 is 0. The van der Waals surface area contributed by atoms with Gasteiger partial charge in [-0.25, -0.2) is 4.79 Å². The summed E-state index contributed by atoms with van der Waals surface area (Å²) in [5.41, 5.74) is 5.03. The molecule has 1 heterocycles. The Balaban J connectivity index is 2.39. The standard InChI is InChI=1S/C10H17N3O4/c1-2-12(6-8(11)14)10(17)13-4-7(5-13)3-9(15)16/h7H,2-6H2,1H3,(H2,11,14)(H,15,16).